The molecular weight excluding hydrogens is 362 g/mol. The van der Waals surface area contributed by atoms with E-state index in [1.54, 1.807) is 42.5 Å². The van der Waals surface area contributed by atoms with Gasteiger partial charge in [-0.1, -0.05) is 35.1 Å². The predicted octanol–water partition coefficient (Wildman–Crippen LogP) is 3.68. The number of nitrogens with zero attached hydrogens (tertiary/aromatic N) is 1. The summed E-state index contributed by atoms with van der Waals surface area (Å²) in [7, 11) is 0. The molecule has 0 bridgehead atoms. The predicted molar refractivity (Wildman–Crippen MR) is 97.4 cm³/mol. The molecule has 3 aromatic rings. The van der Waals surface area contributed by atoms with Crippen molar-refractivity contribution in [3.8, 4) is 5.75 Å². The fraction of sp³-hybridized carbons (Fsp3) is 0.118. The normalized spacial score (nSPS) is 19.0. The molecule has 126 valence electrons. The highest BCUT2D eigenvalue weighted by Crippen LogP contribution is 2.34. The van der Waals surface area contributed by atoms with E-state index < -0.39 is 17.4 Å². The van der Waals surface area contributed by atoms with Crippen LogP contribution in [0, 0.1) is 0 Å². The number of ether oxygens (including phenoxy) is 1. The van der Waals surface area contributed by atoms with E-state index in [2.05, 4.69) is 15.6 Å². The van der Waals surface area contributed by atoms with Crippen LogP contribution in [0.15, 0.2) is 42.5 Å². The maximum Gasteiger partial charge on any atom is 0.280 e. The van der Waals surface area contributed by atoms with E-state index >= 15 is 0 Å². The van der Waals surface area contributed by atoms with E-state index in [9.17, 15) is 9.59 Å². The number of halogens is 1. The Hall–Kier alpha value is -2.64. The molecule has 0 radical (unpaired) electrons. The van der Waals surface area contributed by atoms with Crippen LogP contribution >= 0.6 is 22.9 Å². The minimum atomic E-state index is -1.69. The molecule has 1 atom stereocenters. The Morgan fingerprint density at radius 2 is 2.12 bits per heavy atom. The number of anilines is 2. The Labute approximate surface area is 151 Å². The lowest BCUT2D eigenvalue weighted by Crippen LogP contribution is -2.56. The van der Waals surface area contributed by atoms with Crippen molar-refractivity contribution in [2.24, 2.45) is 0 Å². The number of thiazole rings is 1. The maximum absolute atomic E-state index is 12.7. The zero-order chi connectivity index (χ0) is 17.6. The molecular formula is C17H12ClN3O3S. The number of para-hydroxylation sites is 2. The number of aromatic nitrogens is 1. The topological polar surface area (TPSA) is 80.3 Å². The van der Waals surface area contributed by atoms with Crippen molar-refractivity contribution in [2.75, 3.05) is 10.6 Å². The van der Waals surface area contributed by atoms with Crippen molar-refractivity contribution in [3.05, 3.63) is 47.5 Å². The maximum atomic E-state index is 12.7. The lowest BCUT2D eigenvalue weighted by Gasteiger charge is -2.32. The fourth-order valence-corrected chi connectivity index (χ4v) is 3.62. The molecule has 2 N–H and O–H groups in total. The number of amides is 2. The molecule has 0 spiro atoms. The van der Waals surface area contributed by atoms with Gasteiger partial charge in [0.25, 0.3) is 17.4 Å². The van der Waals surface area contributed by atoms with Crippen LogP contribution in [-0.2, 0) is 9.59 Å². The molecule has 6 nitrogen and oxygen atoms in total. The second-order valence-corrected chi connectivity index (χ2v) is 7.14. The van der Waals surface area contributed by atoms with E-state index in [4.69, 9.17) is 16.3 Å². The van der Waals surface area contributed by atoms with E-state index in [1.807, 2.05) is 0 Å². The molecule has 0 aliphatic carbocycles. The molecule has 0 saturated carbocycles. The van der Waals surface area contributed by atoms with Crippen molar-refractivity contribution in [3.63, 3.8) is 0 Å². The van der Waals surface area contributed by atoms with Crippen LogP contribution in [0.1, 0.15) is 6.92 Å². The highest BCUT2D eigenvalue weighted by molar-refractivity contribution is 7.22. The van der Waals surface area contributed by atoms with Gasteiger partial charge in [0.2, 0.25) is 0 Å². The number of hydrogen-bond donors (Lipinski definition) is 2. The molecule has 1 aliphatic heterocycles. The molecule has 4 rings (SSSR count). The van der Waals surface area contributed by atoms with Crippen LogP contribution < -0.4 is 15.4 Å². The monoisotopic (exact) mass is 373 g/mol. The van der Waals surface area contributed by atoms with Crippen LogP contribution in [0.5, 0.6) is 5.75 Å². The van der Waals surface area contributed by atoms with Gasteiger partial charge in [-0.2, -0.15) is 0 Å². The summed E-state index contributed by atoms with van der Waals surface area (Å²) in [4.78, 5) is 29.4. The van der Waals surface area contributed by atoms with Gasteiger partial charge in [-0.25, -0.2) is 4.98 Å². The summed E-state index contributed by atoms with van der Waals surface area (Å²) in [6, 6.07) is 12.2. The van der Waals surface area contributed by atoms with Crippen molar-refractivity contribution in [1.82, 2.24) is 4.98 Å². The zero-order valence-electron chi connectivity index (χ0n) is 13.0. The second kappa shape index (κ2) is 5.72. The first-order valence-corrected chi connectivity index (χ1v) is 8.62. The third-order valence-corrected chi connectivity index (χ3v) is 5.06. The molecule has 1 aliphatic rings. The van der Waals surface area contributed by atoms with Gasteiger partial charge in [0.1, 0.15) is 5.75 Å². The SMILES string of the molecule is CC1(C(=O)Nc2nc3ccc(Cl)cc3s2)Oc2ccccc2NC1=O. The number of nitrogens with one attached hydrogen (secondary N) is 2. The lowest BCUT2D eigenvalue weighted by molar-refractivity contribution is -0.143. The Kier molecular flexibility index (Phi) is 3.63. The second-order valence-electron chi connectivity index (χ2n) is 5.67. The first-order chi connectivity index (χ1) is 12.0. The van der Waals surface area contributed by atoms with Gasteiger partial charge in [-0.15, -0.1) is 0 Å². The molecule has 2 aromatic carbocycles. The van der Waals surface area contributed by atoms with Gasteiger partial charge < -0.3 is 10.1 Å². The van der Waals surface area contributed by atoms with Crippen molar-refractivity contribution >= 4 is 55.8 Å². The largest absolute Gasteiger partial charge is 0.466 e. The Balaban J connectivity index is 1.62. The standard InChI is InChI=1S/C17H12ClN3O3S/c1-17(14(22)19-10-4-2-3-5-12(10)24-17)15(23)21-16-20-11-7-6-9(18)8-13(11)25-16/h2-8H,1H3,(H,19,22)(H,20,21,23). The molecule has 8 heteroatoms. The summed E-state index contributed by atoms with van der Waals surface area (Å²) < 4.78 is 6.53. The summed E-state index contributed by atoms with van der Waals surface area (Å²) in [5.41, 5.74) is -0.439. The van der Waals surface area contributed by atoms with Gasteiger partial charge >= 0.3 is 0 Å². The summed E-state index contributed by atoms with van der Waals surface area (Å²) >= 11 is 7.24. The van der Waals surface area contributed by atoms with Crippen molar-refractivity contribution in [2.45, 2.75) is 12.5 Å². The van der Waals surface area contributed by atoms with Gasteiger partial charge in [0.15, 0.2) is 5.13 Å². The number of rotatable bonds is 2. The molecule has 1 unspecified atom stereocenters. The van der Waals surface area contributed by atoms with Crippen LogP contribution in [-0.4, -0.2) is 22.4 Å². The van der Waals surface area contributed by atoms with Gasteiger partial charge in [-0.05, 0) is 37.3 Å². The highest BCUT2D eigenvalue weighted by atomic mass is 35.5. The number of carbonyl (C=O) groups is 2. The third kappa shape index (κ3) is 2.71. The van der Waals surface area contributed by atoms with Crippen LogP contribution in [0.2, 0.25) is 5.02 Å². The summed E-state index contributed by atoms with van der Waals surface area (Å²) in [5, 5.41) is 6.32. The number of hydrogen-bond acceptors (Lipinski definition) is 5. The quantitative estimate of drug-likeness (QED) is 0.671. The zero-order valence-corrected chi connectivity index (χ0v) is 14.6. The summed E-state index contributed by atoms with van der Waals surface area (Å²) in [5.74, 6) is -0.687. The number of fused-ring (bicyclic) bond motifs is 2. The average Bonchev–Trinajstić information content (AvgIpc) is 2.97. The van der Waals surface area contributed by atoms with E-state index in [0.717, 1.165) is 4.70 Å². The van der Waals surface area contributed by atoms with Gasteiger partial charge in [0, 0.05) is 5.02 Å². The molecule has 2 heterocycles. The fourth-order valence-electron chi connectivity index (χ4n) is 2.48. The van der Waals surface area contributed by atoms with Crippen molar-refractivity contribution < 1.29 is 14.3 Å². The van der Waals surface area contributed by atoms with Crippen LogP contribution in [0.4, 0.5) is 10.8 Å². The minimum Gasteiger partial charge on any atom is -0.466 e. The van der Waals surface area contributed by atoms with E-state index in [-0.39, 0.29) is 0 Å². The Morgan fingerprint density at radius 1 is 1.32 bits per heavy atom. The van der Waals surface area contributed by atoms with Crippen LogP contribution in [0.25, 0.3) is 10.2 Å². The summed E-state index contributed by atoms with van der Waals surface area (Å²) in [6.45, 7) is 1.43. The molecule has 25 heavy (non-hydrogen) atoms. The molecule has 2 amide bonds. The van der Waals surface area contributed by atoms with Crippen molar-refractivity contribution in [1.29, 1.82) is 0 Å². The molecule has 0 fully saturated rings. The molecule has 0 saturated heterocycles. The first-order valence-electron chi connectivity index (χ1n) is 7.43. The Morgan fingerprint density at radius 3 is 2.96 bits per heavy atom. The van der Waals surface area contributed by atoms with E-state index in [1.165, 1.54) is 18.3 Å². The summed E-state index contributed by atoms with van der Waals surface area (Å²) in [6.07, 6.45) is 0. The van der Waals surface area contributed by atoms with Gasteiger partial charge in [0.05, 0.1) is 15.9 Å². The smallest absolute Gasteiger partial charge is 0.280 e. The van der Waals surface area contributed by atoms with Gasteiger partial charge in [-0.3, -0.25) is 14.9 Å². The third-order valence-electron chi connectivity index (χ3n) is 3.89. The number of carbonyl (C=O) groups excluding carboxylic acids is 2. The first kappa shape index (κ1) is 15.9. The minimum absolute atomic E-state index is 0.374. The Bertz CT molecular complexity index is 1020. The molecule has 1 aromatic heterocycles. The number of benzene rings is 2. The average molecular weight is 374 g/mol. The lowest BCUT2D eigenvalue weighted by atomic mass is 10.0. The van der Waals surface area contributed by atoms with E-state index in [0.29, 0.717) is 27.1 Å². The van der Waals surface area contributed by atoms with Crippen LogP contribution in [0.3, 0.4) is 0 Å². The highest BCUT2D eigenvalue weighted by Gasteiger charge is 2.47.